The van der Waals surface area contributed by atoms with E-state index in [9.17, 15) is 9.59 Å². The molecule has 1 aliphatic rings. The van der Waals surface area contributed by atoms with Gasteiger partial charge in [-0.15, -0.1) is 0 Å². The van der Waals surface area contributed by atoms with Crippen molar-refractivity contribution in [3.63, 3.8) is 0 Å². The Morgan fingerprint density at radius 3 is 2.73 bits per heavy atom. The van der Waals surface area contributed by atoms with Crippen molar-refractivity contribution in [2.75, 3.05) is 23.4 Å². The molecule has 2 amide bonds. The van der Waals surface area contributed by atoms with Gasteiger partial charge in [-0.3, -0.25) is 9.59 Å². The van der Waals surface area contributed by atoms with Gasteiger partial charge in [0.1, 0.15) is 5.75 Å². The Morgan fingerprint density at radius 1 is 1.27 bits per heavy atom. The first kappa shape index (κ1) is 18.5. The van der Waals surface area contributed by atoms with Crippen molar-refractivity contribution in [1.82, 2.24) is 0 Å². The molecule has 5 nitrogen and oxygen atoms in total. The number of benzene rings is 2. The number of nitrogens with one attached hydrogen (secondary N) is 1. The summed E-state index contributed by atoms with van der Waals surface area (Å²) in [6.07, 6.45) is 1.16. The van der Waals surface area contributed by atoms with Crippen LogP contribution in [0, 0.1) is 5.92 Å². The van der Waals surface area contributed by atoms with Gasteiger partial charge in [-0.2, -0.15) is 0 Å². The second-order valence-electron chi connectivity index (χ2n) is 6.25. The molecule has 0 radical (unpaired) electrons. The summed E-state index contributed by atoms with van der Waals surface area (Å²) in [7, 11) is 0. The highest BCUT2D eigenvalue weighted by molar-refractivity contribution is 9.10. The van der Waals surface area contributed by atoms with Crippen LogP contribution >= 0.6 is 15.9 Å². The van der Waals surface area contributed by atoms with Crippen LogP contribution in [0.3, 0.4) is 0 Å². The standard InChI is InChI=1S/C20H21BrN2O3/c1-2-10-26-18-8-6-17(7-9-18)23-13-14(11-19(23)24)20(25)22-16-5-3-4-15(21)12-16/h3-9,12,14H,2,10-11,13H2,1H3,(H,22,25)/t14-/m0/s1. The normalized spacial score (nSPS) is 16.6. The fourth-order valence-corrected chi connectivity index (χ4v) is 3.28. The van der Waals surface area contributed by atoms with Crippen molar-refractivity contribution in [3.05, 3.63) is 53.0 Å². The fraction of sp³-hybridized carbons (Fsp3) is 0.300. The van der Waals surface area contributed by atoms with E-state index in [-0.39, 0.29) is 24.2 Å². The number of hydrogen-bond donors (Lipinski definition) is 1. The highest BCUT2D eigenvalue weighted by Gasteiger charge is 2.35. The molecule has 0 aliphatic carbocycles. The topological polar surface area (TPSA) is 58.6 Å². The fourth-order valence-electron chi connectivity index (χ4n) is 2.89. The molecule has 0 spiro atoms. The average Bonchev–Trinajstić information content (AvgIpc) is 3.02. The number of rotatable bonds is 6. The molecule has 2 aromatic carbocycles. The van der Waals surface area contributed by atoms with E-state index in [4.69, 9.17) is 4.74 Å². The zero-order valence-corrected chi connectivity index (χ0v) is 16.2. The largest absolute Gasteiger partial charge is 0.494 e. The Kier molecular flexibility index (Phi) is 5.93. The van der Waals surface area contributed by atoms with Crippen molar-refractivity contribution in [2.24, 2.45) is 5.92 Å². The van der Waals surface area contributed by atoms with Gasteiger partial charge in [0.2, 0.25) is 11.8 Å². The number of carbonyl (C=O) groups excluding carboxylic acids is 2. The Balaban J connectivity index is 1.63. The number of carbonyl (C=O) groups is 2. The zero-order chi connectivity index (χ0) is 18.5. The minimum atomic E-state index is -0.363. The van der Waals surface area contributed by atoms with Crippen molar-refractivity contribution in [3.8, 4) is 5.75 Å². The average molecular weight is 417 g/mol. The summed E-state index contributed by atoms with van der Waals surface area (Å²) < 4.78 is 6.46. The second-order valence-corrected chi connectivity index (χ2v) is 7.16. The molecule has 0 aromatic heterocycles. The summed E-state index contributed by atoms with van der Waals surface area (Å²) in [5.41, 5.74) is 1.50. The van der Waals surface area contributed by atoms with Gasteiger partial charge in [0.15, 0.2) is 0 Å². The van der Waals surface area contributed by atoms with Gasteiger partial charge in [0.05, 0.1) is 12.5 Å². The number of hydrogen-bond acceptors (Lipinski definition) is 3. The quantitative estimate of drug-likeness (QED) is 0.766. The molecule has 0 bridgehead atoms. The lowest BCUT2D eigenvalue weighted by atomic mass is 10.1. The first-order valence-corrected chi connectivity index (χ1v) is 9.46. The van der Waals surface area contributed by atoms with Gasteiger partial charge in [-0.05, 0) is 48.9 Å². The third kappa shape index (κ3) is 4.43. The molecule has 136 valence electrons. The minimum Gasteiger partial charge on any atom is -0.494 e. The maximum atomic E-state index is 12.5. The van der Waals surface area contributed by atoms with Gasteiger partial charge >= 0.3 is 0 Å². The van der Waals surface area contributed by atoms with Gasteiger partial charge in [0.25, 0.3) is 0 Å². The number of halogens is 1. The van der Waals surface area contributed by atoms with Crippen LogP contribution in [0.25, 0.3) is 0 Å². The molecule has 0 saturated carbocycles. The summed E-state index contributed by atoms with van der Waals surface area (Å²) in [4.78, 5) is 26.5. The summed E-state index contributed by atoms with van der Waals surface area (Å²) in [5, 5.41) is 2.88. The summed E-state index contributed by atoms with van der Waals surface area (Å²) in [6, 6.07) is 14.8. The van der Waals surface area contributed by atoms with Crippen LogP contribution in [0.1, 0.15) is 19.8 Å². The third-order valence-electron chi connectivity index (χ3n) is 4.21. The lowest BCUT2D eigenvalue weighted by molar-refractivity contribution is -0.122. The molecule has 3 rings (SSSR count). The van der Waals surface area contributed by atoms with Crippen molar-refractivity contribution >= 4 is 39.1 Å². The lowest BCUT2D eigenvalue weighted by Gasteiger charge is -2.17. The lowest BCUT2D eigenvalue weighted by Crippen LogP contribution is -2.28. The smallest absolute Gasteiger partial charge is 0.229 e. The van der Waals surface area contributed by atoms with Crippen LogP contribution in [-0.4, -0.2) is 25.0 Å². The number of nitrogens with zero attached hydrogens (tertiary/aromatic N) is 1. The van der Waals surface area contributed by atoms with Crippen LogP contribution in [0.4, 0.5) is 11.4 Å². The van der Waals surface area contributed by atoms with Crippen LogP contribution in [-0.2, 0) is 9.59 Å². The highest BCUT2D eigenvalue weighted by atomic mass is 79.9. The maximum absolute atomic E-state index is 12.5. The van der Waals surface area contributed by atoms with E-state index >= 15 is 0 Å². The van der Waals surface area contributed by atoms with E-state index in [0.717, 1.165) is 22.3 Å². The van der Waals surface area contributed by atoms with Crippen LogP contribution in [0.2, 0.25) is 0 Å². The van der Waals surface area contributed by atoms with Gasteiger partial charge < -0.3 is 15.0 Å². The highest BCUT2D eigenvalue weighted by Crippen LogP contribution is 2.28. The number of ether oxygens (including phenoxy) is 1. The van der Waals surface area contributed by atoms with E-state index in [0.29, 0.717) is 18.8 Å². The first-order chi connectivity index (χ1) is 12.6. The van der Waals surface area contributed by atoms with E-state index in [1.54, 1.807) is 4.90 Å². The molecule has 1 atom stereocenters. The monoisotopic (exact) mass is 416 g/mol. The molecule has 0 unspecified atom stereocenters. The minimum absolute atomic E-state index is 0.0402. The molecule has 1 aliphatic heterocycles. The summed E-state index contributed by atoms with van der Waals surface area (Å²) in [5.74, 6) is 0.243. The van der Waals surface area contributed by atoms with Gasteiger partial charge in [-0.1, -0.05) is 28.9 Å². The van der Waals surface area contributed by atoms with E-state index in [1.165, 1.54) is 0 Å². The maximum Gasteiger partial charge on any atom is 0.229 e. The van der Waals surface area contributed by atoms with Crippen molar-refractivity contribution < 1.29 is 14.3 Å². The third-order valence-corrected chi connectivity index (χ3v) is 4.70. The predicted octanol–water partition coefficient (Wildman–Crippen LogP) is 4.23. The SMILES string of the molecule is CCCOc1ccc(N2C[C@@H](C(=O)Nc3cccc(Br)c3)CC2=O)cc1. The zero-order valence-electron chi connectivity index (χ0n) is 14.6. The van der Waals surface area contributed by atoms with E-state index in [1.807, 2.05) is 48.5 Å². The molecule has 1 heterocycles. The van der Waals surface area contributed by atoms with Gasteiger partial charge in [0, 0.05) is 28.8 Å². The molecule has 1 saturated heterocycles. The molecule has 1 N–H and O–H groups in total. The molecular weight excluding hydrogens is 396 g/mol. The van der Waals surface area contributed by atoms with E-state index < -0.39 is 0 Å². The number of amides is 2. The van der Waals surface area contributed by atoms with Crippen molar-refractivity contribution in [2.45, 2.75) is 19.8 Å². The molecular formula is C20H21BrN2O3. The van der Waals surface area contributed by atoms with E-state index in [2.05, 4.69) is 28.2 Å². The molecule has 26 heavy (non-hydrogen) atoms. The van der Waals surface area contributed by atoms with Gasteiger partial charge in [-0.25, -0.2) is 0 Å². The predicted molar refractivity (Wildman–Crippen MR) is 105 cm³/mol. The van der Waals surface area contributed by atoms with Crippen LogP contribution < -0.4 is 15.0 Å². The first-order valence-electron chi connectivity index (χ1n) is 8.66. The molecule has 6 heteroatoms. The molecule has 1 fully saturated rings. The number of anilines is 2. The Bertz CT molecular complexity index is 792. The second kappa shape index (κ2) is 8.36. The van der Waals surface area contributed by atoms with Crippen molar-refractivity contribution in [1.29, 1.82) is 0 Å². The Morgan fingerprint density at radius 2 is 2.04 bits per heavy atom. The summed E-state index contributed by atoms with van der Waals surface area (Å²) in [6.45, 7) is 3.10. The summed E-state index contributed by atoms with van der Waals surface area (Å²) >= 11 is 3.38. The Labute approximate surface area is 161 Å². The Hall–Kier alpha value is -2.34. The van der Waals surface area contributed by atoms with Crippen LogP contribution in [0.15, 0.2) is 53.0 Å². The van der Waals surface area contributed by atoms with Crippen LogP contribution in [0.5, 0.6) is 5.75 Å². The molecule has 2 aromatic rings.